The zero-order valence-electron chi connectivity index (χ0n) is 21.0. The highest BCUT2D eigenvalue weighted by Crippen LogP contribution is 2.35. The first kappa shape index (κ1) is 25.7. The van der Waals surface area contributed by atoms with Crippen LogP contribution in [0.4, 0.5) is 11.4 Å². The zero-order valence-corrected chi connectivity index (χ0v) is 21.8. The second kappa shape index (κ2) is 10.8. The normalized spacial score (nSPS) is 15.4. The molecule has 0 saturated carbocycles. The van der Waals surface area contributed by atoms with E-state index in [-0.39, 0.29) is 21.9 Å². The Morgan fingerprint density at radius 3 is 2.58 bits per heavy atom. The Morgan fingerprint density at radius 1 is 1.08 bits per heavy atom. The molecule has 38 heavy (non-hydrogen) atoms. The highest BCUT2D eigenvalue weighted by molar-refractivity contribution is 7.93. The number of nitrogens with one attached hydrogen (secondary N) is 2. The fourth-order valence-corrected chi connectivity index (χ4v) is 6.27. The molecule has 1 aliphatic heterocycles. The van der Waals surface area contributed by atoms with Gasteiger partial charge in [-0.05, 0) is 61.2 Å². The summed E-state index contributed by atoms with van der Waals surface area (Å²) in [5.41, 5.74) is 1.69. The van der Waals surface area contributed by atoms with Crippen molar-refractivity contribution in [2.45, 2.75) is 37.2 Å². The van der Waals surface area contributed by atoms with Gasteiger partial charge >= 0.3 is 0 Å². The third-order valence-corrected chi connectivity index (χ3v) is 8.47. The van der Waals surface area contributed by atoms with E-state index in [9.17, 15) is 18.0 Å². The fraction of sp³-hybridized carbons (Fsp3) is 0.241. The van der Waals surface area contributed by atoms with E-state index in [1.165, 1.54) is 22.6 Å². The van der Waals surface area contributed by atoms with Crippen molar-refractivity contribution in [3.63, 3.8) is 0 Å². The van der Waals surface area contributed by atoms with Crippen molar-refractivity contribution in [3.8, 4) is 0 Å². The maximum atomic E-state index is 14.1. The number of rotatable bonds is 8. The molecule has 3 aromatic carbocycles. The molecule has 1 atom stereocenters. The molecule has 9 heteroatoms. The van der Waals surface area contributed by atoms with Crippen molar-refractivity contribution in [1.29, 1.82) is 0 Å². The van der Waals surface area contributed by atoms with E-state index in [4.69, 9.17) is 4.74 Å². The van der Waals surface area contributed by atoms with E-state index >= 15 is 0 Å². The summed E-state index contributed by atoms with van der Waals surface area (Å²) in [6.07, 6.45) is 3.73. The Morgan fingerprint density at radius 2 is 1.84 bits per heavy atom. The van der Waals surface area contributed by atoms with Crippen LogP contribution in [0.5, 0.6) is 0 Å². The van der Waals surface area contributed by atoms with Crippen LogP contribution in [0.15, 0.2) is 88.7 Å². The van der Waals surface area contributed by atoms with Crippen LogP contribution < -0.4 is 15.1 Å². The van der Waals surface area contributed by atoms with Crippen molar-refractivity contribution >= 4 is 38.2 Å². The summed E-state index contributed by atoms with van der Waals surface area (Å²) in [6.45, 7) is 2.94. The van der Waals surface area contributed by atoms with Crippen molar-refractivity contribution < 1.29 is 17.9 Å². The lowest BCUT2D eigenvalue weighted by molar-refractivity contribution is 0.0857. The number of aromatic nitrogens is 1. The largest absolute Gasteiger partial charge is 0.376 e. The molecule has 0 aliphatic carbocycles. The van der Waals surface area contributed by atoms with Gasteiger partial charge in [-0.3, -0.25) is 9.59 Å². The monoisotopic (exact) mass is 531 g/mol. The van der Waals surface area contributed by atoms with E-state index in [0.29, 0.717) is 36.5 Å². The summed E-state index contributed by atoms with van der Waals surface area (Å²) in [4.78, 5) is 29.0. The predicted molar refractivity (Wildman–Crippen MR) is 147 cm³/mol. The van der Waals surface area contributed by atoms with Gasteiger partial charge < -0.3 is 15.0 Å². The van der Waals surface area contributed by atoms with Crippen molar-refractivity contribution in [2.75, 3.05) is 17.5 Å². The fourth-order valence-electron chi connectivity index (χ4n) is 4.72. The van der Waals surface area contributed by atoms with Gasteiger partial charge in [0.15, 0.2) is 0 Å². The standard InChI is InChI=1S/C29H29N3O5S/c1-2-20-9-6-7-13-27(20)32(21-10-4-3-5-11-21)38(35,36)23-14-15-26-24(17-23)28(33)25(19-30-26)29(34)31-18-22-12-8-16-37-22/h3-7,9-11,13-15,17,19,22H,2,8,12,16,18H2,1H3,(H,30,33)(H,31,34)/t22-/m0/s1. The predicted octanol–water partition coefficient (Wildman–Crippen LogP) is 4.53. The average Bonchev–Trinajstić information content (AvgIpc) is 3.46. The SMILES string of the molecule is CCc1ccccc1N(c1ccccc1)S(=O)(=O)c1ccc2[nH]cc(C(=O)NC[C@@H]3CCCO3)c(=O)c2c1. The smallest absolute Gasteiger partial charge is 0.268 e. The molecule has 1 aromatic heterocycles. The second-order valence-corrected chi connectivity index (χ2v) is 11.0. The molecule has 1 aliphatic rings. The molecule has 4 aromatic rings. The Hall–Kier alpha value is -3.95. The highest BCUT2D eigenvalue weighted by atomic mass is 32.2. The number of hydrogen-bond donors (Lipinski definition) is 2. The number of benzene rings is 3. The molecular formula is C29H29N3O5S. The van der Waals surface area contributed by atoms with Crippen molar-refractivity contribution in [3.05, 3.63) is 100 Å². The number of para-hydroxylation sites is 2. The van der Waals surface area contributed by atoms with E-state index in [0.717, 1.165) is 18.4 Å². The summed E-state index contributed by atoms with van der Waals surface area (Å²) >= 11 is 0. The molecule has 1 saturated heterocycles. The minimum absolute atomic E-state index is 0.0535. The number of ether oxygens (including phenoxy) is 1. The van der Waals surface area contributed by atoms with Crippen LogP contribution in [-0.4, -0.2) is 38.6 Å². The Kier molecular flexibility index (Phi) is 7.31. The van der Waals surface area contributed by atoms with Gasteiger partial charge in [-0.25, -0.2) is 12.7 Å². The Bertz CT molecular complexity index is 1630. The zero-order chi connectivity index (χ0) is 26.7. The first-order valence-corrected chi connectivity index (χ1v) is 14.1. The first-order chi connectivity index (χ1) is 18.4. The topological polar surface area (TPSA) is 109 Å². The molecule has 0 bridgehead atoms. The Labute approximate surface area is 221 Å². The van der Waals surface area contributed by atoms with Gasteiger partial charge in [0, 0.05) is 30.3 Å². The maximum absolute atomic E-state index is 14.1. The molecule has 8 nitrogen and oxygen atoms in total. The quantitative estimate of drug-likeness (QED) is 0.347. The summed E-state index contributed by atoms with van der Waals surface area (Å²) in [5, 5.41) is 2.87. The molecule has 1 amide bonds. The summed E-state index contributed by atoms with van der Waals surface area (Å²) in [7, 11) is -4.14. The summed E-state index contributed by atoms with van der Waals surface area (Å²) in [5.74, 6) is -0.528. The van der Waals surface area contributed by atoms with Gasteiger partial charge in [-0.1, -0.05) is 43.3 Å². The van der Waals surface area contributed by atoms with Crippen LogP contribution >= 0.6 is 0 Å². The molecule has 0 unspecified atom stereocenters. The minimum atomic E-state index is -4.14. The first-order valence-electron chi connectivity index (χ1n) is 12.6. The number of carbonyl (C=O) groups excluding carboxylic acids is 1. The molecule has 196 valence electrons. The second-order valence-electron chi connectivity index (χ2n) is 9.17. The number of fused-ring (bicyclic) bond motifs is 1. The van der Waals surface area contributed by atoms with Crippen LogP contribution in [0, 0.1) is 0 Å². The molecular weight excluding hydrogens is 502 g/mol. The van der Waals surface area contributed by atoms with Crippen LogP contribution in [0.2, 0.25) is 0 Å². The van der Waals surface area contributed by atoms with Gasteiger partial charge in [0.2, 0.25) is 5.43 Å². The van der Waals surface area contributed by atoms with Gasteiger partial charge in [0.25, 0.3) is 15.9 Å². The van der Waals surface area contributed by atoms with Crippen LogP contribution in [-0.2, 0) is 21.2 Å². The molecule has 0 radical (unpaired) electrons. The lowest BCUT2D eigenvalue weighted by Gasteiger charge is -2.26. The van der Waals surface area contributed by atoms with E-state index in [2.05, 4.69) is 10.3 Å². The summed E-state index contributed by atoms with van der Waals surface area (Å²) in [6, 6.07) is 20.5. The summed E-state index contributed by atoms with van der Waals surface area (Å²) < 4.78 is 35.1. The molecule has 5 rings (SSSR count). The number of amides is 1. The van der Waals surface area contributed by atoms with E-state index in [1.54, 1.807) is 42.5 Å². The number of nitrogens with zero attached hydrogens (tertiary/aromatic N) is 1. The number of aromatic amines is 1. The van der Waals surface area contributed by atoms with E-state index < -0.39 is 21.4 Å². The minimum Gasteiger partial charge on any atom is -0.376 e. The lowest BCUT2D eigenvalue weighted by Crippen LogP contribution is -2.34. The van der Waals surface area contributed by atoms with Gasteiger partial charge in [-0.15, -0.1) is 0 Å². The number of pyridine rings is 1. The number of carbonyl (C=O) groups is 1. The van der Waals surface area contributed by atoms with Crippen LogP contribution in [0.1, 0.15) is 35.7 Å². The highest BCUT2D eigenvalue weighted by Gasteiger charge is 2.29. The number of hydrogen-bond acceptors (Lipinski definition) is 5. The number of H-pyrrole nitrogens is 1. The molecule has 2 N–H and O–H groups in total. The number of aryl methyl sites for hydroxylation is 1. The van der Waals surface area contributed by atoms with Crippen molar-refractivity contribution in [2.24, 2.45) is 0 Å². The number of anilines is 2. The molecule has 2 heterocycles. The number of sulfonamides is 1. The maximum Gasteiger partial charge on any atom is 0.268 e. The van der Waals surface area contributed by atoms with E-state index in [1.807, 2.05) is 25.1 Å². The molecule has 0 spiro atoms. The third kappa shape index (κ3) is 4.94. The van der Waals surface area contributed by atoms with Crippen molar-refractivity contribution in [1.82, 2.24) is 10.3 Å². The average molecular weight is 532 g/mol. The lowest BCUT2D eigenvalue weighted by atomic mass is 10.1. The van der Waals surface area contributed by atoms with Gasteiger partial charge in [-0.2, -0.15) is 0 Å². The Balaban J connectivity index is 1.57. The third-order valence-electron chi connectivity index (χ3n) is 6.73. The van der Waals surface area contributed by atoms with Gasteiger partial charge in [0.1, 0.15) is 5.56 Å². The molecule has 1 fully saturated rings. The van der Waals surface area contributed by atoms with Crippen LogP contribution in [0.3, 0.4) is 0 Å². The van der Waals surface area contributed by atoms with Gasteiger partial charge in [0.05, 0.1) is 22.4 Å². The van der Waals surface area contributed by atoms with Crippen LogP contribution in [0.25, 0.3) is 10.9 Å².